The smallest absolute Gasteiger partial charge is 0.341 e. The van der Waals surface area contributed by atoms with Crippen molar-refractivity contribution in [3.63, 3.8) is 0 Å². The summed E-state index contributed by atoms with van der Waals surface area (Å²) < 4.78 is 5.25. The fourth-order valence-electron chi connectivity index (χ4n) is 3.49. The zero-order valence-corrected chi connectivity index (χ0v) is 18.7. The van der Waals surface area contributed by atoms with Gasteiger partial charge in [-0.15, -0.1) is 11.3 Å². The first-order chi connectivity index (χ1) is 13.9. The Bertz CT molecular complexity index is 932. The quantitative estimate of drug-likeness (QED) is 0.408. The second kappa shape index (κ2) is 9.79. The molecular formula is C22H23Cl2NO3S. The molecule has 1 aliphatic carbocycles. The van der Waals surface area contributed by atoms with Crippen LogP contribution < -0.4 is 5.32 Å². The predicted molar refractivity (Wildman–Crippen MR) is 120 cm³/mol. The van der Waals surface area contributed by atoms with Crippen molar-refractivity contribution in [2.75, 3.05) is 11.9 Å². The molecule has 0 fully saturated rings. The molecule has 0 saturated heterocycles. The first-order valence-corrected chi connectivity index (χ1v) is 11.3. The number of anilines is 1. The van der Waals surface area contributed by atoms with E-state index in [2.05, 4.69) is 12.2 Å². The highest BCUT2D eigenvalue weighted by molar-refractivity contribution is 7.17. The van der Waals surface area contributed by atoms with Crippen LogP contribution in [0.1, 0.15) is 53.1 Å². The number of carbonyl (C=O) groups excluding carboxylic acids is 2. The minimum Gasteiger partial charge on any atom is -0.462 e. The maximum Gasteiger partial charge on any atom is 0.341 e. The monoisotopic (exact) mass is 451 g/mol. The second-order valence-corrected chi connectivity index (χ2v) is 8.82. The van der Waals surface area contributed by atoms with Gasteiger partial charge in [-0.3, -0.25) is 4.79 Å². The number of hydrogen-bond acceptors (Lipinski definition) is 4. The summed E-state index contributed by atoms with van der Waals surface area (Å²) >= 11 is 13.8. The summed E-state index contributed by atoms with van der Waals surface area (Å²) in [5.74, 6) is -0.118. The van der Waals surface area contributed by atoms with Crippen molar-refractivity contribution in [3.05, 3.63) is 55.9 Å². The minimum absolute atomic E-state index is 0.291. The van der Waals surface area contributed by atoms with Gasteiger partial charge in [0.15, 0.2) is 0 Å². The van der Waals surface area contributed by atoms with E-state index in [1.165, 1.54) is 22.3 Å². The summed E-state index contributed by atoms with van der Waals surface area (Å²) in [5, 5.41) is 4.33. The van der Waals surface area contributed by atoms with E-state index in [0.29, 0.717) is 38.7 Å². The van der Waals surface area contributed by atoms with Crippen molar-refractivity contribution in [1.82, 2.24) is 0 Å². The number of fused-ring (bicyclic) bond motifs is 1. The lowest BCUT2D eigenvalue weighted by atomic mass is 9.85. The second-order valence-electron chi connectivity index (χ2n) is 6.90. The molecule has 0 bridgehead atoms. The number of esters is 1. The average molecular weight is 452 g/mol. The zero-order valence-electron chi connectivity index (χ0n) is 16.4. The summed E-state index contributed by atoms with van der Waals surface area (Å²) in [4.78, 5) is 26.3. The molecule has 1 aliphatic rings. The van der Waals surface area contributed by atoms with Crippen LogP contribution in [0.3, 0.4) is 0 Å². The maximum atomic E-state index is 12.6. The van der Waals surface area contributed by atoms with E-state index >= 15 is 0 Å². The van der Waals surface area contributed by atoms with Gasteiger partial charge < -0.3 is 10.1 Å². The molecule has 29 heavy (non-hydrogen) atoms. The molecule has 0 saturated carbocycles. The van der Waals surface area contributed by atoms with Crippen LogP contribution in [0.2, 0.25) is 10.0 Å². The minimum atomic E-state index is -0.381. The summed E-state index contributed by atoms with van der Waals surface area (Å²) in [7, 11) is 0. The topological polar surface area (TPSA) is 55.4 Å². The van der Waals surface area contributed by atoms with Gasteiger partial charge in [0.1, 0.15) is 5.00 Å². The molecule has 0 aliphatic heterocycles. The van der Waals surface area contributed by atoms with Gasteiger partial charge in [0.25, 0.3) is 0 Å². The van der Waals surface area contributed by atoms with Crippen LogP contribution in [0.25, 0.3) is 6.08 Å². The average Bonchev–Trinajstić information content (AvgIpc) is 3.04. The van der Waals surface area contributed by atoms with Crippen molar-refractivity contribution in [2.45, 2.75) is 39.5 Å². The molecule has 4 nitrogen and oxygen atoms in total. The van der Waals surface area contributed by atoms with Gasteiger partial charge in [-0.25, -0.2) is 4.79 Å². The van der Waals surface area contributed by atoms with Crippen LogP contribution in [-0.2, 0) is 22.4 Å². The van der Waals surface area contributed by atoms with E-state index in [1.807, 2.05) is 0 Å². The highest BCUT2D eigenvalue weighted by Gasteiger charge is 2.29. The summed E-state index contributed by atoms with van der Waals surface area (Å²) in [6, 6.07) is 5.16. The maximum absolute atomic E-state index is 12.6. The Morgan fingerprint density at radius 1 is 1.28 bits per heavy atom. The molecule has 1 aromatic heterocycles. The van der Waals surface area contributed by atoms with E-state index in [-0.39, 0.29) is 11.9 Å². The van der Waals surface area contributed by atoms with Crippen LogP contribution in [0.5, 0.6) is 0 Å². The van der Waals surface area contributed by atoms with Gasteiger partial charge in [0.2, 0.25) is 5.91 Å². The van der Waals surface area contributed by atoms with Crippen molar-refractivity contribution in [2.24, 2.45) is 5.92 Å². The molecule has 2 aromatic rings. The van der Waals surface area contributed by atoms with Gasteiger partial charge in [0.05, 0.1) is 12.2 Å². The largest absolute Gasteiger partial charge is 0.462 e. The third-order valence-corrected chi connectivity index (χ3v) is 6.89. The fraction of sp³-hybridized carbons (Fsp3) is 0.364. The van der Waals surface area contributed by atoms with E-state index < -0.39 is 0 Å². The number of thiophene rings is 1. The molecule has 0 radical (unpaired) electrons. The molecule has 1 unspecified atom stereocenters. The van der Waals surface area contributed by atoms with Crippen LogP contribution in [-0.4, -0.2) is 18.5 Å². The van der Waals surface area contributed by atoms with Gasteiger partial charge in [-0.1, -0.05) is 42.6 Å². The Hall–Kier alpha value is -1.82. The number of hydrogen-bond donors (Lipinski definition) is 1. The Balaban J connectivity index is 1.86. The SMILES string of the molecule is CCOC(=O)c1c(NC(=O)/C=C/c2c(Cl)cccc2Cl)sc2c1CCC(CC)C2. The predicted octanol–water partition coefficient (Wildman–Crippen LogP) is 6.40. The van der Waals surface area contributed by atoms with E-state index in [0.717, 1.165) is 31.2 Å². The van der Waals surface area contributed by atoms with Gasteiger partial charge in [-0.2, -0.15) is 0 Å². The van der Waals surface area contributed by atoms with Crippen molar-refractivity contribution >= 4 is 57.5 Å². The Morgan fingerprint density at radius 2 is 2.00 bits per heavy atom. The number of amides is 1. The van der Waals surface area contributed by atoms with Crippen molar-refractivity contribution in [3.8, 4) is 0 Å². The van der Waals surface area contributed by atoms with E-state index in [9.17, 15) is 9.59 Å². The number of halogens is 2. The molecule has 1 atom stereocenters. The first kappa shape index (κ1) is 21.9. The third kappa shape index (κ3) is 5.03. The van der Waals surface area contributed by atoms with Crippen molar-refractivity contribution < 1.29 is 14.3 Å². The van der Waals surface area contributed by atoms with Gasteiger partial charge in [0, 0.05) is 26.6 Å². The number of rotatable bonds is 6. The van der Waals surface area contributed by atoms with Crippen LogP contribution in [0, 0.1) is 5.92 Å². The lowest BCUT2D eigenvalue weighted by Gasteiger charge is -2.20. The highest BCUT2D eigenvalue weighted by Crippen LogP contribution is 2.40. The van der Waals surface area contributed by atoms with E-state index in [4.69, 9.17) is 27.9 Å². The molecule has 3 rings (SSSR count). The fourth-order valence-corrected chi connectivity index (χ4v) is 5.37. The Labute approximate surface area is 184 Å². The number of ether oxygens (including phenoxy) is 1. The first-order valence-electron chi connectivity index (χ1n) is 9.69. The molecule has 0 spiro atoms. The number of carbonyl (C=O) groups is 2. The molecule has 1 N–H and O–H groups in total. The number of nitrogens with one attached hydrogen (secondary N) is 1. The zero-order chi connectivity index (χ0) is 21.0. The molecular weight excluding hydrogens is 429 g/mol. The Morgan fingerprint density at radius 3 is 2.66 bits per heavy atom. The molecule has 154 valence electrons. The molecule has 1 heterocycles. The molecule has 1 amide bonds. The highest BCUT2D eigenvalue weighted by atomic mass is 35.5. The van der Waals surface area contributed by atoms with Crippen LogP contribution >= 0.6 is 34.5 Å². The van der Waals surface area contributed by atoms with E-state index in [1.54, 1.807) is 31.2 Å². The third-order valence-electron chi connectivity index (χ3n) is 5.06. The summed E-state index contributed by atoms with van der Waals surface area (Å²) in [6.07, 6.45) is 6.86. The molecule has 7 heteroatoms. The van der Waals surface area contributed by atoms with Gasteiger partial charge >= 0.3 is 5.97 Å². The Kier molecular flexibility index (Phi) is 7.38. The summed E-state index contributed by atoms with van der Waals surface area (Å²) in [6.45, 7) is 4.25. The number of benzene rings is 1. The van der Waals surface area contributed by atoms with Gasteiger partial charge in [-0.05, 0) is 55.9 Å². The lowest BCUT2D eigenvalue weighted by molar-refractivity contribution is -0.111. The molecule has 1 aromatic carbocycles. The normalized spacial score (nSPS) is 15.9. The standard InChI is InChI=1S/C22H23Cl2NO3S/c1-3-13-8-9-15-18(12-13)29-21(20(15)22(27)28-4-2)25-19(26)11-10-14-16(23)6-5-7-17(14)24/h5-7,10-11,13H,3-4,8-9,12H2,1-2H3,(H,25,26)/b11-10+. The summed E-state index contributed by atoms with van der Waals surface area (Å²) in [5.41, 5.74) is 2.10. The van der Waals surface area contributed by atoms with Crippen LogP contribution in [0.15, 0.2) is 24.3 Å². The van der Waals surface area contributed by atoms with Crippen LogP contribution in [0.4, 0.5) is 5.00 Å². The van der Waals surface area contributed by atoms with Crippen molar-refractivity contribution in [1.29, 1.82) is 0 Å². The lowest BCUT2D eigenvalue weighted by Crippen LogP contribution is -2.16.